The van der Waals surface area contributed by atoms with Gasteiger partial charge in [-0.15, -0.1) is 0 Å². The maximum atomic E-state index is 11.9. The van der Waals surface area contributed by atoms with Crippen LogP contribution in [0.4, 0.5) is 5.82 Å². The molecule has 0 unspecified atom stereocenters. The zero-order chi connectivity index (χ0) is 18.1. The van der Waals surface area contributed by atoms with Crippen molar-refractivity contribution in [2.75, 3.05) is 12.4 Å². The number of fused-ring (bicyclic) bond motifs is 1. The fourth-order valence-corrected chi connectivity index (χ4v) is 3.26. The predicted octanol–water partition coefficient (Wildman–Crippen LogP) is 4.56. The number of methoxy groups -OCH3 is 1. The average molecular weight is 368 g/mol. The van der Waals surface area contributed by atoms with Gasteiger partial charge in [-0.05, 0) is 36.4 Å². The summed E-state index contributed by atoms with van der Waals surface area (Å²) in [4.78, 5) is 21.0. The van der Waals surface area contributed by atoms with Gasteiger partial charge >= 0.3 is 5.97 Å². The number of aromatic nitrogens is 2. The Labute approximate surface area is 156 Å². The highest BCUT2D eigenvalue weighted by atomic mass is 35.5. The molecule has 3 aromatic rings. The quantitative estimate of drug-likeness (QED) is 0.529. The molecule has 132 valence electrons. The Morgan fingerprint density at radius 3 is 2.81 bits per heavy atom. The van der Waals surface area contributed by atoms with Gasteiger partial charge in [0.2, 0.25) is 0 Å². The van der Waals surface area contributed by atoms with Crippen LogP contribution in [0.3, 0.4) is 0 Å². The van der Waals surface area contributed by atoms with Crippen molar-refractivity contribution >= 4 is 34.2 Å². The molecule has 1 aliphatic carbocycles. The van der Waals surface area contributed by atoms with Crippen molar-refractivity contribution in [3.63, 3.8) is 0 Å². The summed E-state index contributed by atoms with van der Waals surface area (Å²) >= 11 is 6.27. The Morgan fingerprint density at radius 1 is 1.23 bits per heavy atom. The number of anilines is 1. The van der Waals surface area contributed by atoms with Crippen molar-refractivity contribution in [1.82, 2.24) is 9.97 Å². The van der Waals surface area contributed by atoms with E-state index in [1.165, 1.54) is 7.11 Å². The first kappa shape index (κ1) is 16.8. The standard InChI is InChI=1S/C20H18ClN3O2/c1-26-20(25)16-9-8-14(23-18(16)12-6-7-12)11-22-17-10-13-4-2-3-5-15(13)19(21)24-17/h2-5,8-10,12H,6-7,11H2,1H3,(H,22,24). The van der Waals surface area contributed by atoms with Gasteiger partial charge in [-0.1, -0.05) is 35.9 Å². The van der Waals surface area contributed by atoms with Crippen LogP contribution < -0.4 is 5.32 Å². The summed E-state index contributed by atoms with van der Waals surface area (Å²) < 4.78 is 4.86. The molecule has 0 saturated heterocycles. The number of nitrogens with one attached hydrogen (secondary N) is 1. The van der Waals surface area contributed by atoms with E-state index in [9.17, 15) is 4.79 Å². The molecular formula is C20H18ClN3O2. The highest BCUT2D eigenvalue weighted by molar-refractivity contribution is 6.34. The minimum atomic E-state index is -0.332. The number of hydrogen-bond acceptors (Lipinski definition) is 5. The first-order valence-electron chi connectivity index (χ1n) is 8.53. The summed E-state index contributed by atoms with van der Waals surface area (Å²) in [5.74, 6) is 0.722. The molecular weight excluding hydrogens is 350 g/mol. The van der Waals surface area contributed by atoms with E-state index in [0.29, 0.717) is 29.0 Å². The Kier molecular flexibility index (Phi) is 4.47. The SMILES string of the molecule is COC(=O)c1ccc(CNc2cc3ccccc3c(Cl)n2)nc1C1CC1. The molecule has 2 aromatic heterocycles. The Bertz CT molecular complexity index is 986. The van der Waals surface area contributed by atoms with E-state index < -0.39 is 0 Å². The predicted molar refractivity (Wildman–Crippen MR) is 102 cm³/mol. The lowest BCUT2D eigenvalue weighted by Gasteiger charge is -2.11. The zero-order valence-corrected chi connectivity index (χ0v) is 15.1. The molecule has 0 aliphatic heterocycles. The Hall–Kier alpha value is -2.66. The number of esters is 1. The highest BCUT2D eigenvalue weighted by Crippen LogP contribution is 2.40. The smallest absolute Gasteiger partial charge is 0.339 e. The number of carbonyl (C=O) groups excluding carboxylic acids is 1. The first-order valence-corrected chi connectivity index (χ1v) is 8.91. The van der Waals surface area contributed by atoms with Gasteiger partial charge in [0.15, 0.2) is 0 Å². The lowest BCUT2D eigenvalue weighted by molar-refractivity contribution is 0.0598. The normalized spacial score (nSPS) is 13.6. The average Bonchev–Trinajstić information content (AvgIpc) is 3.51. The third kappa shape index (κ3) is 3.35. The summed E-state index contributed by atoms with van der Waals surface area (Å²) in [6.45, 7) is 0.503. The first-order chi connectivity index (χ1) is 12.7. The van der Waals surface area contributed by atoms with Crippen molar-refractivity contribution in [2.45, 2.75) is 25.3 Å². The van der Waals surface area contributed by atoms with E-state index in [1.807, 2.05) is 36.4 Å². The van der Waals surface area contributed by atoms with Crippen LogP contribution in [0.15, 0.2) is 42.5 Å². The molecule has 0 spiro atoms. The second kappa shape index (κ2) is 6.92. The topological polar surface area (TPSA) is 64.1 Å². The Balaban J connectivity index is 1.56. The van der Waals surface area contributed by atoms with E-state index in [4.69, 9.17) is 16.3 Å². The highest BCUT2D eigenvalue weighted by Gasteiger charge is 2.30. The van der Waals surface area contributed by atoms with Gasteiger partial charge in [0.05, 0.1) is 30.6 Å². The third-order valence-corrected chi connectivity index (χ3v) is 4.78. The van der Waals surface area contributed by atoms with Crippen molar-refractivity contribution in [2.24, 2.45) is 0 Å². The molecule has 0 amide bonds. The number of hydrogen-bond donors (Lipinski definition) is 1. The molecule has 1 aromatic carbocycles. The molecule has 1 N–H and O–H groups in total. The maximum Gasteiger partial charge on any atom is 0.339 e. The number of nitrogens with zero attached hydrogens (tertiary/aromatic N) is 2. The molecule has 0 atom stereocenters. The molecule has 1 fully saturated rings. The van der Waals surface area contributed by atoms with Gasteiger partial charge < -0.3 is 10.1 Å². The molecule has 5 nitrogen and oxygen atoms in total. The fraction of sp³-hybridized carbons (Fsp3) is 0.250. The van der Waals surface area contributed by atoms with Crippen LogP contribution in [0.1, 0.15) is 40.5 Å². The van der Waals surface area contributed by atoms with Crippen LogP contribution >= 0.6 is 11.6 Å². The maximum absolute atomic E-state index is 11.9. The summed E-state index contributed by atoms with van der Waals surface area (Å²) in [6.07, 6.45) is 2.13. The molecule has 26 heavy (non-hydrogen) atoms. The molecule has 4 rings (SSSR count). The number of carbonyl (C=O) groups is 1. The van der Waals surface area contributed by atoms with Gasteiger partial charge in [-0.25, -0.2) is 9.78 Å². The Morgan fingerprint density at radius 2 is 2.04 bits per heavy atom. The van der Waals surface area contributed by atoms with E-state index in [-0.39, 0.29) is 5.97 Å². The van der Waals surface area contributed by atoms with Crippen molar-refractivity contribution in [3.05, 3.63) is 64.6 Å². The molecule has 0 radical (unpaired) electrons. The van der Waals surface area contributed by atoms with E-state index in [2.05, 4.69) is 15.3 Å². The van der Waals surface area contributed by atoms with Crippen LogP contribution in [0.2, 0.25) is 5.15 Å². The summed E-state index contributed by atoms with van der Waals surface area (Å²) in [5, 5.41) is 5.70. The molecule has 0 bridgehead atoms. The third-order valence-electron chi connectivity index (χ3n) is 4.50. The minimum Gasteiger partial charge on any atom is -0.465 e. The number of rotatable bonds is 5. The van der Waals surface area contributed by atoms with Crippen molar-refractivity contribution in [3.8, 4) is 0 Å². The summed E-state index contributed by atoms with van der Waals surface area (Å²) in [5.41, 5.74) is 2.25. The van der Waals surface area contributed by atoms with Crippen LogP contribution in [0, 0.1) is 0 Å². The van der Waals surface area contributed by atoms with Gasteiger partial charge in [-0.2, -0.15) is 0 Å². The largest absolute Gasteiger partial charge is 0.465 e. The number of halogens is 1. The van der Waals surface area contributed by atoms with E-state index in [1.54, 1.807) is 6.07 Å². The summed E-state index contributed by atoms with van der Waals surface area (Å²) in [7, 11) is 1.39. The second-order valence-corrected chi connectivity index (χ2v) is 6.73. The number of ether oxygens (including phenoxy) is 1. The van der Waals surface area contributed by atoms with Crippen molar-refractivity contribution < 1.29 is 9.53 Å². The van der Waals surface area contributed by atoms with Crippen molar-refractivity contribution in [1.29, 1.82) is 0 Å². The second-order valence-electron chi connectivity index (χ2n) is 6.37. The van der Waals surface area contributed by atoms with Gasteiger partial charge in [0.1, 0.15) is 11.0 Å². The minimum absolute atomic E-state index is 0.332. The van der Waals surface area contributed by atoms with Gasteiger partial charge in [0.25, 0.3) is 0 Å². The molecule has 1 saturated carbocycles. The lowest BCUT2D eigenvalue weighted by atomic mass is 10.1. The van der Waals surface area contributed by atoms with E-state index in [0.717, 1.165) is 35.0 Å². The van der Waals surface area contributed by atoms with Gasteiger partial charge in [0, 0.05) is 11.3 Å². The van der Waals surface area contributed by atoms with Crippen LogP contribution in [0.25, 0.3) is 10.8 Å². The van der Waals surface area contributed by atoms with Crippen LogP contribution in [0.5, 0.6) is 0 Å². The van der Waals surface area contributed by atoms with Crippen LogP contribution in [-0.2, 0) is 11.3 Å². The monoisotopic (exact) mass is 367 g/mol. The van der Waals surface area contributed by atoms with E-state index >= 15 is 0 Å². The number of pyridine rings is 2. The fourth-order valence-electron chi connectivity index (χ4n) is 2.99. The lowest BCUT2D eigenvalue weighted by Crippen LogP contribution is -2.10. The molecule has 6 heteroatoms. The number of benzene rings is 1. The van der Waals surface area contributed by atoms with Gasteiger partial charge in [-0.3, -0.25) is 4.98 Å². The zero-order valence-electron chi connectivity index (χ0n) is 14.3. The van der Waals surface area contributed by atoms with Crippen LogP contribution in [-0.4, -0.2) is 23.0 Å². The molecule has 2 heterocycles. The summed E-state index contributed by atoms with van der Waals surface area (Å²) in [6, 6.07) is 13.5. The molecule has 1 aliphatic rings.